The molecule has 114 valence electrons. The van der Waals surface area contributed by atoms with Crippen molar-refractivity contribution < 1.29 is 17.6 Å². The molecule has 0 aliphatic heterocycles. The van der Waals surface area contributed by atoms with E-state index >= 15 is 0 Å². The Labute approximate surface area is 123 Å². The first-order valence-corrected chi connectivity index (χ1v) is 8.22. The van der Waals surface area contributed by atoms with Crippen molar-refractivity contribution in [3.05, 3.63) is 35.1 Å². The molecule has 5 nitrogen and oxygen atoms in total. The molecule has 1 aromatic carbocycles. The molecule has 0 heterocycles. The Kier molecular flexibility index (Phi) is 5.88. The quantitative estimate of drug-likeness (QED) is 0.808. The number of carbonyl (C=O) groups excluding carboxylic acids is 1. The van der Waals surface area contributed by atoms with Gasteiger partial charge in [0.25, 0.3) is 5.91 Å². The predicted octanol–water partition coefficient (Wildman–Crippen LogP) is 0.252. The van der Waals surface area contributed by atoms with E-state index in [-0.39, 0.29) is 30.0 Å². The van der Waals surface area contributed by atoms with Crippen molar-refractivity contribution in [1.82, 2.24) is 4.90 Å². The molecule has 0 atom stereocenters. The third-order valence-electron chi connectivity index (χ3n) is 2.68. The van der Waals surface area contributed by atoms with Crippen LogP contribution in [0.15, 0.2) is 18.2 Å². The zero-order chi connectivity index (χ0) is 16.0. The zero-order valence-corrected chi connectivity index (χ0v) is 12.7. The van der Waals surface area contributed by atoms with Crippen LogP contribution in [-0.2, 0) is 9.84 Å². The highest BCUT2D eigenvalue weighted by Crippen LogP contribution is 2.12. The van der Waals surface area contributed by atoms with Crippen LogP contribution < -0.4 is 5.73 Å². The highest BCUT2D eigenvalue weighted by Gasteiger charge is 2.17. The smallest absolute Gasteiger partial charge is 0.254 e. The number of benzene rings is 1. The number of hydrogen-bond donors (Lipinski definition) is 1. The van der Waals surface area contributed by atoms with E-state index in [0.717, 1.165) is 18.4 Å². The number of nitrogens with two attached hydrogens (primary N) is 1. The Morgan fingerprint density at radius 2 is 2.10 bits per heavy atom. The Hall–Kier alpha value is -1.91. The van der Waals surface area contributed by atoms with E-state index in [9.17, 15) is 17.6 Å². The number of rotatable bonds is 4. The SMILES string of the molecule is CN(CCS(C)(=O)=O)C(=O)c1ccc(F)cc1C#CCN. The van der Waals surface area contributed by atoms with Gasteiger partial charge in [-0.05, 0) is 18.2 Å². The average Bonchev–Trinajstić information content (AvgIpc) is 2.41. The third kappa shape index (κ3) is 5.53. The van der Waals surface area contributed by atoms with Crippen LogP contribution in [0.25, 0.3) is 0 Å². The van der Waals surface area contributed by atoms with Gasteiger partial charge in [0, 0.05) is 25.4 Å². The molecular weight excluding hydrogens is 295 g/mol. The fraction of sp³-hybridized carbons (Fsp3) is 0.357. The van der Waals surface area contributed by atoms with E-state index in [0.29, 0.717) is 0 Å². The summed E-state index contributed by atoms with van der Waals surface area (Å²) in [6.45, 7) is 0.146. The molecule has 21 heavy (non-hydrogen) atoms. The van der Waals surface area contributed by atoms with E-state index < -0.39 is 21.6 Å². The zero-order valence-electron chi connectivity index (χ0n) is 11.9. The van der Waals surface area contributed by atoms with E-state index in [2.05, 4.69) is 11.8 Å². The first-order chi connectivity index (χ1) is 9.74. The number of carbonyl (C=O) groups is 1. The van der Waals surface area contributed by atoms with Crippen molar-refractivity contribution in [3.8, 4) is 11.8 Å². The normalized spacial score (nSPS) is 10.7. The number of halogens is 1. The van der Waals surface area contributed by atoms with Crippen LogP contribution in [-0.4, -0.2) is 51.4 Å². The van der Waals surface area contributed by atoms with Gasteiger partial charge in [0.15, 0.2) is 0 Å². The maximum Gasteiger partial charge on any atom is 0.254 e. The second-order valence-electron chi connectivity index (χ2n) is 4.55. The second-order valence-corrected chi connectivity index (χ2v) is 6.81. The lowest BCUT2D eigenvalue weighted by Gasteiger charge is -2.17. The summed E-state index contributed by atoms with van der Waals surface area (Å²) in [5.74, 6) is 4.14. The Balaban J connectivity index is 3.01. The number of amides is 1. The van der Waals surface area contributed by atoms with Crippen LogP contribution >= 0.6 is 0 Å². The molecule has 2 N–H and O–H groups in total. The maximum atomic E-state index is 13.2. The summed E-state index contributed by atoms with van der Waals surface area (Å²) < 4.78 is 35.5. The summed E-state index contributed by atoms with van der Waals surface area (Å²) in [5.41, 5.74) is 5.72. The molecule has 0 saturated heterocycles. The summed E-state index contributed by atoms with van der Waals surface area (Å²) in [6.07, 6.45) is 1.10. The van der Waals surface area contributed by atoms with E-state index in [1.54, 1.807) is 0 Å². The molecule has 1 amide bonds. The highest BCUT2D eigenvalue weighted by atomic mass is 32.2. The largest absolute Gasteiger partial charge is 0.341 e. The Bertz CT molecular complexity index is 690. The molecule has 0 aliphatic rings. The molecule has 1 rings (SSSR count). The third-order valence-corrected chi connectivity index (χ3v) is 3.61. The van der Waals surface area contributed by atoms with Gasteiger partial charge in [-0.2, -0.15) is 0 Å². The lowest BCUT2D eigenvalue weighted by molar-refractivity contribution is 0.0803. The standard InChI is InChI=1S/C14H17FN2O3S/c1-17(8-9-21(2,19)20)14(18)13-6-5-12(15)10-11(13)4-3-7-16/h5-6,10H,7-9,16H2,1-2H3. The van der Waals surface area contributed by atoms with Gasteiger partial charge in [-0.25, -0.2) is 12.8 Å². The fourth-order valence-electron chi connectivity index (χ4n) is 1.56. The Morgan fingerprint density at radius 3 is 2.67 bits per heavy atom. The summed E-state index contributed by atoms with van der Waals surface area (Å²) in [5, 5.41) is 0. The van der Waals surface area contributed by atoms with Gasteiger partial charge in [0.1, 0.15) is 15.7 Å². The molecule has 0 aliphatic carbocycles. The van der Waals surface area contributed by atoms with Gasteiger partial charge < -0.3 is 10.6 Å². The van der Waals surface area contributed by atoms with E-state index in [1.165, 1.54) is 18.0 Å². The van der Waals surface area contributed by atoms with Crippen LogP contribution in [0.2, 0.25) is 0 Å². The number of hydrogen-bond acceptors (Lipinski definition) is 4. The lowest BCUT2D eigenvalue weighted by atomic mass is 10.1. The lowest BCUT2D eigenvalue weighted by Crippen LogP contribution is -2.32. The minimum Gasteiger partial charge on any atom is -0.341 e. The topological polar surface area (TPSA) is 80.5 Å². The van der Waals surface area contributed by atoms with Crippen LogP contribution in [0, 0.1) is 17.7 Å². The fourth-order valence-corrected chi connectivity index (χ4v) is 2.17. The van der Waals surface area contributed by atoms with Crippen LogP contribution in [0.4, 0.5) is 4.39 Å². The average molecular weight is 312 g/mol. The molecule has 0 radical (unpaired) electrons. The summed E-state index contributed by atoms with van der Waals surface area (Å²) in [7, 11) is -1.68. The first-order valence-electron chi connectivity index (χ1n) is 6.16. The van der Waals surface area contributed by atoms with Crippen molar-refractivity contribution >= 4 is 15.7 Å². The van der Waals surface area contributed by atoms with Crippen LogP contribution in [0.5, 0.6) is 0 Å². The molecule has 7 heteroatoms. The van der Waals surface area contributed by atoms with Gasteiger partial charge in [0.05, 0.1) is 17.9 Å². The molecule has 0 saturated carbocycles. The minimum absolute atomic E-state index is 0.0544. The minimum atomic E-state index is -3.16. The van der Waals surface area contributed by atoms with Gasteiger partial charge in [-0.3, -0.25) is 4.79 Å². The molecular formula is C14H17FN2O3S. The summed E-state index contributed by atoms with van der Waals surface area (Å²) in [4.78, 5) is 13.5. The predicted molar refractivity (Wildman–Crippen MR) is 79.0 cm³/mol. The van der Waals surface area contributed by atoms with Gasteiger partial charge in [-0.15, -0.1) is 0 Å². The van der Waals surface area contributed by atoms with Crippen molar-refractivity contribution in [3.63, 3.8) is 0 Å². The molecule has 0 aromatic heterocycles. The van der Waals surface area contributed by atoms with Crippen molar-refractivity contribution in [2.75, 3.05) is 32.1 Å². The van der Waals surface area contributed by atoms with E-state index in [1.807, 2.05) is 0 Å². The van der Waals surface area contributed by atoms with Crippen molar-refractivity contribution in [2.45, 2.75) is 0 Å². The highest BCUT2D eigenvalue weighted by molar-refractivity contribution is 7.90. The maximum absolute atomic E-state index is 13.2. The first kappa shape index (κ1) is 17.1. The van der Waals surface area contributed by atoms with Gasteiger partial charge >= 0.3 is 0 Å². The molecule has 0 bridgehead atoms. The van der Waals surface area contributed by atoms with Crippen LogP contribution in [0.1, 0.15) is 15.9 Å². The van der Waals surface area contributed by atoms with Crippen molar-refractivity contribution in [1.29, 1.82) is 0 Å². The summed E-state index contributed by atoms with van der Waals surface area (Å²) in [6, 6.07) is 3.64. The van der Waals surface area contributed by atoms with Gasteiger partial charge in [0.2, 0.25) is 0 Å². The summed E-state index contributed by atoms with van der Waals surface area (Å²) >= 11 is 0. The molecule has 0 spiro atoms. The number of sulfone groups is 1. The second kappa shape index (κ2) is 7.20. The number of nitrogens with zero attached hydrogens (tertiary/aromatic N) is 1. The van der Waals surface area contributed by atoms with Crippen LogP contribution in [0.3, 0.4) is 0 Å². The van der Waals surface area contributed by atoms with Crippen molar-refractivity contribution in [2.24, 2.45) is 5.73 Å². The van der Waals surface area contributed by atoms with E-state index in [4.69, 9.17) is 5.73 Å². The molecule has 0 unspecified atom stereocenters. The molecule has 1 aromatic rings. The Morgan fingerprint density at radius 1 is 1.43 bits per heavy atom. The molecule has 0 fully saturated rings. The van der Waals surface area contributed by atoms with Gasteiger partial charge in [-0.1, -0.05) is 11.8 Å². The monoisotopic (exact) mass is 312 g/mol.